The first-order chi connectivity index (χ1) is 10.1. The molecule has 8 heteroatoms. The minimum absolute atomic E-state index is 0.0951. The van der Waals surface area contributed by atoms with Crippen LogP contribution in [0.25, 0.3) is 11.0 Å². The second-order valence-corrected chi connectivity index (χ2v) is 5.80. The third kappa shape index (κ3) is 2.66. The zero-order valence-electron chi connectivity index (χ0n) is 11.8. The Labute approximate surface area is 121 Å². The molecule has 0 saturated carbocycles. The highest BCUT2D eigenvalue weighted by atomic mass is 16.6. The van der Waals surface area contributed by atoms with Crippen LogP contribution in [-0.2, 0) is 0 Å². The number of piperidine rings is 1. The molecule has 1 fully saturated rings. The first-order valence-electron chi connectivity index (χ1n) is 6.93. The molecule has 8 nitrogen and oxygen atoms in total. The number of nitro benzene ring substituents is 1. The summed E-state index contributed by atoms with van der Waals surface area (Å²) in [6, 6.07) is 3.08. The molecule has 0 aliphatic carbocycles. The summed E-state index contributed by atoms with van der Waals surface area (Å²) >= 11 is 0. The molecule has 0 spiro atoms. The van der Waals surface area contributed by atoms with Gasteiger partial charge in [-0.15, -0.1) is 0 Å². The largest absolute Gasteiger partial charge is 0.383 e. The first kappa shape index (κ1) is 13.7. The Morgan fingerprint density at radius 1 is 1.48 bits per heavy atom. The summed E-state index contributed by atoms with van der Waals surface area (Å²) in [7, 11) is 0. The van der Waals surface area contributed by atoms with E-state index in [2.05, 4.69) is 32.5 Å². The Balaban J connectivity index is 1.83. The Kier molecular flexibility index (Phi) is 3.46. The van der Waals surface area contributed by atoms with Gasteiger partial charge in [-0.05, 0) is 41.2 Å². The molecule has 1 aliphatic heterocycles. The number of benzene rings is 1. The van der Waals surface area contributed by atoms with Crippen LogP contribution in [0, 0.1) is 15.5 Å². The maximum atomic E-state index is 10.9. The second-order valence-electron chi connectivity index (χ2n) is 5.80. The van der Waals surface area contributed by atoms with Gasteiger partial charge in [-0.1, -0.05) is 6.92 Å². The maximum absolute atomic E-state index is 10.9. The molecule has 2 N–H and O–H groups in total. The third-order valence-corrected chi connectivity index (χ3v) is 3.98. The van der Waals surface area contributed by atoms with Gasteiger partial charge in [0.1, 0.15) is 0 Å². The summed E-state index contributed by atoms with van der Waals surface area (Å²) < 4.78 is 4.66. The molecule has 1 aromatic carbocycles. The van der Waals surface area contributed by atoms with E-state index in [1.165, 1.54) is 6.07 Å². The van der Waals surface area contributed by atoms with Crippen molar-refractivity contribution in [2.75, 3.05) is 25.0 Å². The summed E-state index contributed by atoms with van der Waals surface area (Å²) in [5.41, 5.74) is 1.35. The van der Waals surface area contributed by atoms with Crippen molar-refractivity contribution in [1.82, 2.24) is 15.6 Å². The molecule has 1 aromatic heterocycles. The van der Waals surface area contributed by atoms with Gasteiger partial charge in [0.25, 0.3) is 0 Å². The van der Waals surface area contributed by atoms with Gasteiger partial charge in [-0.2, -0.15) is 0 Å². The predicted octanol–water partition coefficient (Wildman–Crippen LogP) is 1.93. The molecule has 0 amide bonds. The number of nitro groups is 1. The fraction of sp³-hybridized carbons (Fsp3) is 0.538. The molecule has 1 saturated heterocycles. The number of nitrogens with zero attached hydrogens (tertiary/aromatic N) is 3. The molecule has 2 heterocycles. The van der Waals surface area contributed by atoms with Gasteiger partial charge in [0, 0.05) is 19.2 Å². The number of nitrogens with one attached hydrogen (secondary N) is 2. The summed E-state index contributed by atoms with van der Waals surface area (Å²) in [6.07, 6.45) is 2.29. The van der Waals surface area contributed by atoms with Crippen LogP contribution in [-0.4, -0.2) is 34.9 Å². The standard InChI is InChI=1S/C13H17N5O3/c1-13(5-2-6-14-7-13)8-15-9-3-4-10(18(19)20)12-11(9)16-21-17-12/h3-4,14-15H,2,5-8H2,1H3. The fourth-order valence-electron chi connectivity index (χ4n) is 2.72. The van der Waals surface area contributed by atoms with Crippen LogP contribution in [0.3, 0.4) is 0 Å². The van der Waals surface area contributed by atoms with Crippen LogP contribution in [0.1, 0.15) is 19.8 Å². The minimum atomic E-state index is -0.483. The lowest BCUT2D eigenvalue weighted by Crippen LogP contribution is -2.42. The van der Waals surface area contributed by atoms with E-state index in [0.717, 1.165) is 32.5 Å². The minimum Gasteiger partial charge on any atom is -0.383 e. The zero-order chi connectivity index (χ0) is 14.9. The van der Waals surface area contributed by atoms with Crippen LogP contribution in [0.4, 0.5) is 11.4 Å². The monoisotopic (exact) mass is 291 g/mol. The van der Waals surface area contributed by atoms with Crippen LogP contribution in [0.2, 0.25) is 0 Å². The average molecular weight is 291 g/mol. The molecule has 0 radical (unpaired) electrons. The molecule has 0 bridgehead atoms. The fourth-order valence-corrected chi connectivity index (χ4v) is 2.72. The van der Waals surface area contributed by atoms with Crippen molar-refractivity contribution in [2.24, 2.45) is 5.41 Å². The normalized spacial score (nSPS) is 22.3. The highest BCUT2D eigenvalue weighted by molar-refractivity contribution is 5.93. The summed E-state index contributed by atoms with van der Waals surface area (Å²) in [5.74, 6) is 0. The highest BCUT2D eigenvalue weighted by Gasteiger charge is 2.27. The number of hydrogen-bond acceptors (Lipinski definition) is 7. The van der Waals surface area contributed by atoms with E-state index in [1.54, 1.807) is 6.07 Å². The lowest BCUT2D eigenvalue weighted by molar-refractivity contribution is -0.383. The number of hydrogen-bond donors (Lipinski definition) is 2. The maximum Gasteiger partial charge on any atom is 0.300 e. The van der Waals surface area contributed by atoms with E-state index in [-0.39, 0.29) is 16.6 Å². The molecule has 2 aromatic rings. The van der Waals surface area contributed by atoms with E-state index in [0.29, 0.717) is 11.2 Å². The molecule has 1 unspecified atom stereocenters. The summed E-state index contributed by atoms with van der Waals surface area (Å²) in [5, 5.41) is 25.1. The van der Waals surface area contributed by atoms with E-state index < -0.39 is 4.92 Å². The number of fused-ring (bicyclic) bond motifs is 1. The van der Waals surface area contributed by atoms with Crippen molar-refractivity contribution in [3.8, 4) is 0 Å². The van der Waals surface area contributed by atoms with Crippen molar-refractivity contribution in [2.45, 2.75) is 19.8 Å². The Morgan fingerprint density at radius 3 is 3.00 bits per heavy atom. The van der Waals surface area contributed by atoms with Gasteiger partial charge in [-0.3, -0.25) is 10.1 Å². The SMILES string of the molecule is CC1(CNc2ccc([N+](=O)[O-])c3nonc23)CCCNC1. The number of non-ortho nitro benzene ring substituents is 1. The molecule has 1 atom stereocenters. The Hall–Kier alpha value is -2.22. The lowest BCUT2D eigenvalue weighted by atomic mass is 9.83. The molecule has 3 rings (SSSR count). The molecular weight excluding hydrogens is 274 g/mol. The van der Waals surface area contributed by atoms with E-state index in [9.17, 15) is 10.1 Å². The lowest BCUT2D eigenvalue weighted by Gasteiger charge is -2.34. The first-order valence-corrected chi connectivity index (χ1v) is 6.93. The molecule has 1 aliphatic rings. The van der Waals surface area contributed by atoms with Gasteiger partial charge in [0.2, 0.25) is 5.52 Å². The summed E-state index contributed by atoms with van der Waals surface area (Å²) in [4.78, 5) is 10.5. The van der Waals surface area contributed by atoms with Crippen molar-refractivity contribution in [3.63, 3.8) is 0 Å². The van der Waals surface area contributed by atoms with Crippen molar-refractivity contribution in [3.05, 3.63) is 22.2 Å². The molecule has 112 valence electrons. The van der Waals surface area contributed by atoms with E-state index in [4.69, 9.17) is 0 Å². The Bertz CT molecular complexity index is 663. The van der Waals surface area contributed by atoms with Gasteiger partial charge in [-0.25, -0.2) is 4.63 Å². The molecular formula is C13H17N5O3. The van der Waals surface area contributed by atoms with E-state index >= 15 is 0 Å². The topological polar surface area (TPSA) is 106 Å². The third-order valence-electron chi connectivity index (χ3n) is 3.98. The quantitative estimate of drug-likeness (QED) is 0.654. The van der Waals surface area contributed by atoms with Gasteiger partial charge in [0.15, 0.2) is 5.52 Å². The zero-order valence-corrected chi connectivity index (χ0v) is 11.8. The second kappa shape index (κ2) is 5.28. The average Bonchev–Trinajstić information content (AvgIpc) is 2.94. The van der Waals surface area contributed by atoms with Crippen molar-refractivity contribution in [1.29, 1.82) is 0 Å². The van der Waals surface area contributed by atoms with Gasteiger partial charge >= 0.3 is 5.69 Å². The number of rotatable bonds is 4. The number of anilines is 1. The van der Waals surface area contributed by atoms with Gasteiger partial charge in [0.05, 0.1) is 10.6 Å². The van der Waals surface area contributed by atoms with Crippen LogP contribution in [0.15, 0.2) is 16.8 Å². The highest BCUT2D eigenvalue weighted by Crippen LogP contribution is 2.31. The Morgan fingerprint density at radius 2 is 2.29 bits per heavy atom. The van der Waals surface area contributed by atoms with Crippen LogP contribution >= 0.6 is 0 Å². The van der Waals surface area contributed by atoms with Gasteiger partial charge < -0.3 is 10.6 Å². The predicted molar refractivity (Wildman–Crippen MR) is 77.2 cm³/mol. The smallest absolute Gasteiger partial charge is 0.300 e. The number of aromatic nitrogens is 2. The van der Waals surface area contributed by atoms with Crippen molar-refractivity contribution >= 4 is 22.4 Å². The molecule has 21 heavy (non-hydrogen) atoms. The van der Waals surface area contributed by atoms with Crippen LogP contribution in [0.5, 0.6) is 0 Å². The van der Waals surface area contributed by atoms with Crippen LogP contribution < -0.4 is 10.6 Å². The van der Waals surface area contributed by atoms with Crippen molar-refractivity contribution < 1.29 is 9.55 Å². The summed E-state index contributed by atoms with van der Waals surface area (Å²) in [6.45, 7) is 4.99. The van der Waals surface area contributed by atoms with E-state index in [1.807, 2.05) is 0 Å².